The second-order valence-corrected chi connectivity index (χ2v) is 8.70. The van der Waals surface area contributed by atoms with Crippen molar-refractivity contribution in [2.75, 3.05) is 26.8 Å². The number of rotatable bonds is 4. The lowest BCUT2D eigenvalue weighted by molar-refractivity contribution is 0.0620. The molecule has 0 unspecified atom stereocenters. The summed E-state index contributed by atoms with van der Waals surface area (Å²) in [4.78, 5) is 0.301. The molecule has 0 N–H and O–H groups in total. The van der Waals surface area contributed by atoms with E-state index in [9.17, 15) is 8.42 Å². The van der Waals surface area contributed by atoms with Crippen molar-refractivity contribution in [1.82, 2.24) is 4.31 Å². The van der Waals surface area contributed by atoms with Crippen molar-refractivity contribution in [3.05, 3.63) is 27.1 Å². The van der Waals surface area contributed by atoms with Crippen LogP contribution in [0.15, 0.2) is 32.0 Å². The summed E-state index contributed by atoms with van der Waals surface area (Å²) in [7, 11) is -1.82. The Labute approximate surface area is 136 Å². The van der Waals surface area contributed by atoms with Crippen LogP contribution in [0.1, 0.15) is 12.8 Å². The van der Waals surface area contributed by atoms with Gasteiger partial charge in [0.25, 0.3) is 0 Å². The molecule has 1 fully saturated rings. The number of hydrogen-bond acceptors (Lipinski definition) is 3. The zero-order valence-electron chi connectivity index (χ0n) is 11.2. The molecular weight excluding hydrogens is 410 g/mol. The summed E-state index contributed by atoms with van der Waals surface area (Å²) >= 11 is 6.65. The van der Waals surface area contributed by atoms with E-state index in [0.717, 1.165) is 30.5 Å². The average molecular weight is 427 g/mol. The summed E-state index contributed by atoms with van der Waals surface area (Å²) in [5.41, 5.74) is 0. The first-order chi connectivity index (χ1) is 9.41. The lowest BCUT2D eigenvalue weighted by atomic mass is 10.0. The van der Waals surface area contributed by atoms with Crippen molar-refractivity contribution in [3.63, 3.8) is 0 Å². The molecule has 0 amide bonds. The highest BCUT2D eigenvalue weighted by molar-refractivity contribution is 9.11. The molecule has 1 aliphatic rings. The zero-order chi connectivity index (χ0) is 14.8. The van der Waals surface area contributed by atoms with Crippen molar-refractivity contribution in [1.29, 1.82) is 0 Å². The van der Waals surface area contributed by atoms with E-state index in [4.69, 9.17) is 4.74 Å². The van der Waals surface area contributed by atoms with Gasteiger partial charge in [0, 0.05) is 35.8 Å². The highest BCUT2D eigenvalue weighted by Crippen LogP contribution is 2.28. The van der Waals surface area contributed by atoms with E-state index in [1.54, 1.807) is 25.2 Å². The van der Waals surface area contributed by atoms with Gasteiger partial charge in [-0.1, -0.05) is 15.9 Å². The first kappa shape index (κ1) is 16.4. The van der Waals surface area contributed by atoms with E-state index in [0.29, 0.717) is 21.8 Å². The standard InChI is InChI=1S/C13H17Br2NO3S/c1-16(9-10-4-6-19-7-5-10)20(17,18)13-3-2-11(14)8-12(13)15/h2-3,8,10H,4-7,9H2,1H3. The predicted octanol–water partition coefficient (Wildman–Crippen LogP) is 3.26. The number of hydrogen-bond donors (Lipinski definition) is 0. The Morgan fingerprint density at radius 1 is 1.30 bits per heavy atom. The minimum Gasteiger partial charge on any atom is -0.381 e. The molecule has 1 heterocycles. The van der Waals surface area contributed by atoms with Crippen molar-refractivity contribution >= 4 is 41.9 Å². The Morgan fingerprint density at radius 2 is 1.95 bits per heavy atom. The van der Waals surface area contributed by atoms with Crippen molar-refractivity contribution < 1.29 is 13.2 Å². The molecule has 0 aromatic heterocycles. The molecule has 112 valence electrons. The van der Waals surface area contributed by atoms with Crippen LogP contribution in [-0.2, 0) is 14.8 Å². The Morgan fingerprint density at radius 3 is 2.55 bits per heavy atom. The van der Waals surface area contributed by atoms with Gasteiger partial charge in [-0.3, -0.25) is 0 Å². The summed E-state index contributed by atoms with van der Waals surface area (Å²) in [6, 6.07) is 5.10. The van der Waals surface area contributed by atoms with E-state index in [2.05, 4.69) is 31.9 Å². The van der Waals surface area contributed by atoms with Crippen LogP contribution >= 0.6 is 31.9 Å². The smallest absolute Gasteiger partial charge is 0.243 e. The monoisotopic (exact) mass is 425 g/mol. The molecule has 0 atom stereocenters. The SMILES string of the molecule is CN(CC1CCOCC1)S(=O)(=O)c1ccc(Br)cc1Br. The lowest BCUT2D eigenvalue weighted by Gasteiger charge is -2.27. The highest BCUT2D eigenvalue weighted by atomic mass is 79.9. The van der Waals surface area contributed by atoms with Crippen LogP contribution in [0.4, 0.5) is 0 Å². The van der Waals surface area contributed by atoms with Gasteiger partial charge in [-0.05, 0) is 52.9 Å². The Bertz CT molecular complexity index is 571. The van der Waals surface area contributed by atoms with Crippen molar-refractivity contribution in [2.45, 2.75) is 17.7 Å². The lowest BCUT2D eigenvalue weighted by Crippen LogP contribution is -2.34. The number of ether oxygens (including phenoxy) is 1. The second kappa shape index (κ2) is 6.87. The molecule has 2 rings (SSSR count). The van der Waals surface area contributed by atoms with Gasteiger partial charge < -0.3 is 4.74 Å². The minimum absolute atomic E-state index is 0.301. The third-order valence-electron chi connectivity index (χ3n) is 3.44. The topological polar surface area (TPSA) is 46.6 Å². The van der Waals surface area contributed by atoms with Gasteiger partial charge in [-0.2, -0.15) is 0 Å². The van der Waals surface area contributed by atoms with E-state index in [-0.39, 0.29) is 0 Å². The molecule has 7 heteroatoms. The van der Waals surface area contributed by atoms with Crippen LogP contribution in [0, 0.1) is 5.92 Å². The summed E-state index contributed by atoms with van der Waals surface area (Å²) in [6.07, 6.45) is 1.84. The van der Waals surface area contributed by atoms with E-state index in [1.807, 2.05) is 0 Å². The van der Waals surface area contributed by atoms with Gasteiger partial charge in [0.05, 0.1) is 4.90 Å². The molecule has 0 spiro atoms. The van der Waals surface area contributed by atoms with Gasteiger partial charge in [0.15, 0.2) is 0 Å². The van der Waals surface area contributed by atoms with Crippen LogP contribution in [-0.4, -0.2) is 39.5 Å². The average Bonchev–Trinajstić information content (AvgIpc) is 2.39. The van der Waals surface area contributed by atoms with E-state index >= 15 is 0 Å². The quantitative estimate of drug-likeness (QED) is 0.742. The third-order valence-corrected chi connectivity index (χ3v) is 6.73. The Kier molecular flexibility index (Phi) is 5.64. The Hall–Kier alpha value is 0.0500. The maximum Gasteiger partial charge on any atom is 0.243 e. The maximum atomic E-state index is 12.6. The van der Waals surface area contributed by atoms with Gasteiger partial charge in [-0.25, -0.2) is 12.7 Å². The van der Waals surface area contributed by atoms with Gasteiger partial charge in [0.2, 0.25) is 10.0 Å². The van der Waals surface area contributed by atoms with Crippen molar-refractivity contribution in [2.24, 2.45) is 5.92 Å². The maximum absolute atomic E-state index is 12.6. The molecule has 0 saturated carbocycles. The fourth-order valence-corrected chi connectivity index (χ4v) is 5.19. The van der Waals surface area contributed by atoms with E-state index < -0.39 is 10.0 Å². The van der Waals surface area contributed by atoms with Crippen LogP contribution in [0.2, 0.25) is 0 Å². The minimum atomic E-state index is -3.46. The summed E-state index contributed by atoms with van der Waals surface area (Å²) < 4.78 is 33.3. The number of sulfonamides is 1. The number of halogens is 2. The molecule has 1 aliphatic heterocycles. The predicted molar refractivity (Wildman–Crippen MR) is 85.2 cm³/mol. The van der Waals surface area contributed by atoms with Crippen LogP contribution in [0.3, 0.4) is 0 Å². The molecule has 0 radical (unpaired) electrons. The Balaban J connectivity index is 2.16. The molecule has 20 heavy (non-hydrogen) atoms. The number of nitrogens with zero attached hydrogens (tertiary/aromatic N) is 1. The van der Waals surface area contributed by atoms with Crippen LogP contribution in [0.25, 0.3) is 0 Å². The second-order valence-electron chi connectivity index (χ2n) is 4.92. The van der Waals surface area contributed by atoms with Crippen LogP contribution in [0.5, 0.6) is 0 Å². The summed E-state index contributed by atoms with van der Waals surface area (Å²) in [5.74, 6) is 0.373. The van der Waals surface area contributed by atoms with Gasteiger partial charge in [0.1, 0.15) is 0 Å². The van der Waals surface area contributed by atoms with Crippen LogP contribution < -0.4 is 0 Å². The molecule has 0 bridgehead atoms. The molecule has 1 saturated heterocycles. The fourth-order valence-electron chi connectivity index (χ4n) is 2.24. The number of benzene rings is 1. The fraction of sp³-hybridized carbons (Fsp3) is 0.538. The normalized spacial score (nSPS) is 17.6. The summed E-state index contributed by atoms with van der Waals surface area (Å²) in [6.45, 7) is 1.98. The van der Waals surface area contributed by atoms with E-state index in [1.165, 1.54) is 4.31 Å². The molecule has 1 aromatic rings. The highest BCUT2D eigenvalue weighted by Gasteiger charge is 2.26. The third kappa shape index (κ3) is 3.82. The van der Waals surface area contributed by atoms with Crippen molar-refractivity contribution in [3.8, 4) is 0 Å². The first-order valence-electron chi connectivity index (χ1n) is 6.40. The summed E-state index contributed by atoms with van der Waals surface area (Å²) in [5, 5.41) is 0. The van der Waals surface area contributed by atoms with Gasteiger partial charge >= 0.3 is 0 Å². The first-order valence-corrected chi connectivity index (χ1v) is 9.43. The van der Waals surface area contributed by atoms with Gasteiger partial charge in [-0.15, -0.1) is 0 Å². The molecule has 0 aliphatic carbocycles. The zero-order valence-corrected chi connectivity index (χ0v) is 15.2. The molecule has 4 nitrogen and oxygen atoms in total. The molecular formula is C13H17Br2NO3S. The molecule has 1 aromatic carbocycles. The largest absolute Gasteiger partial charge is 0.381 e.